The normalized spacial score (nSPS) is 9.14. The van der Waals surface area contributed by atoms with Gasteiger partial charge in [-0.3, -0.25) is 4.79 Å². The second-order valence-corrected chi connectivity index (χ2v) is 2.79. The number of hydrogen-bond acceptors (Lipinski definition) is 4. The van der Waals surface area contributed by atoms with Crippen LogP contribution in [0.3, 0.4) is 0 Å². The van der Waals surface area contributed by atoms with Gasteiger partial charge in [0.15, 0.2) is 0 Å². The van der Waals surface area contributed by atoms with E-state index in [1.54, 1.807) is 18.2 Å². The first kappa shape index (κ1) is 10.1. The zero-order chi connectivity index (χ0) is 10.6. The number of hydrogen-bond donors (Lipinski definition) is 1. The van der Waals surface area contributed by atoms with E-state index < -0.39 is 0 Å². The van der Waals surface area contributed by atoms with Crippen LogP contribution in [0.5, 0.6) is 0 Å². The van der Waals surface area contributed by atoms with E-state index in [2.05, 4.69) is 4.74 Å². The number of ether oxygens (including phenoxy) is 1. The van der Waals surface area contributed by atoms with Crippen molar-refractivity contribution >= 4 is 11.7 Å². The Hall–Kier alpha value is -2.02. The highest BCUT2D eigenvalue weighted by molar-refractivity contribution is 5.73. The molecule has 1 rings (SSSR count). The van der Waals surface area contributed by atoms with Gasteiger partial charge in [-0.15, -0.1) is 0 Å². The average Bonchev–Trinajstić information content (AvgIpc) is 2.20. The van der Waals surface area contributed by atoms with Crippen LogP contribution in [0, 0.1) is 11.3 Å². The monoisotopic (exact) mass is 190 g/mol. The van der Waals surface area contributed by atoms with Gasteiger partial charge >= 0.3 is 5.97 Å². The molecule has 0 spiro atoms. The van der Waals surface area contributed by atoms with Gasteiger partial charge in [-0.1, -0.05) is 6.07 Å². The SMILES string of the molecule is COC(=O)Cc1ccc(N)c(C#N)c1. The van der Waals surface area contributed by atoms with Gasteiger partial charge in [-0.05, 0) is 17.7 Å². The fraction of sp³-hybridized carbons (Fsp3) is 0.200. The lowest BCUT2D eigenvalue weighted by molar-refractivity contribution is -0.139. The second-order valence-electron chi connectivity index (χ2n) is 2.79. The molecule has 4 nitrogen and oxygen atoms in total. The summed E-state index contributed by atoms with van der Waals surface area (Å²) in [5.74, 6) is -0.335. The van der Waals surface area contributed by atoms with E-state index in [1.807, 2.05) is 6.07 Å². The van der Waals surface area contributed by atoms with Gasteiger partial charge in [0.25, 0.3) is 0 Å². The Bertz CT molecular complexity index is 394. The minimum atomic E-state index is -0.335. The maximum atomic E-state index is 10.9. The topological polar surface area (TPSA) is 76.1 Å². The zero-order valence-electron chi connectivity index (χ0n) is 7.78. The van der Waals surface area contributed by atoms with Gasteiger partial charge < -0.3 is 10.5 Å². The fourth-order valence-corrected chi connectivity index (χ4v) is 1.05. The van der Waals surface area contributed by atoms with E-state index in [9.17, 15) is 4.79 Å². The summed E-state index contributed by atoms with van der Waals surface area (Å²) in [6.45, 7) is 0. The third-order valence-electron chi connectivity index (χ3n) is 1.81. The van der Waals surface area contributed by atoms with Crippen LogP contribution in [0.25, 0.3) is 0 Å². The molecule has 14 heavy (non-hydrogen) atoms. The van der Waals surface area contributed by atoms with Crippen molar-refractivity contribution in [3.8, 4) is 6.07 Å². The highest BCUT2D eigenvalue weighted by atomic mass is 16.5. The number of esters is 1. The second kappa shape index (κ2) is 4.28. The van der Waals surface area contributed by atoms with E-state index in [0.717, 1.165) is 5.56 Å². The fourth-order valence-electron chi connectivity index (χ4n) is 1.05. The van der Waals surface area contributed by atoms with Crippen LogP contribution in [-0.2, 0) is 16.0 Å². The van der Waals surface area contributed by atoms with E-state index in [0.29, 0.717) is 11.3 Å². The van der Waals surface area contributed by atoms with Gasteiger partial charge in [-0.25, -0.2) is 0 Å². The van der Waals surface area contributed by atoms with Crippen molar-refractivity contribution in [2.45, 2.75) is 6.42 Å². The summed E-state index contributed by atoms with van der Waals surface area (Å²) in [7, 11) is 1.32. The van der Waals surface area contributed by atoms with E-state index in [4.69, 9.17) is 11.0 Å². The summed E-state index contributed by atoms with van der Waals surface area (Å²) < 4.78 is 4.50. The van der Waals surface area contributed by atoms with Crippen LogP contribution < -0.4 is 5.73 Å². The molecule has 4 heteroatoms. The van der Waals surface area contributed by atoms with Crippen LogP contribution >= 0.6 is 0 Å². The molecule has 0 bridgehead atoms. The number of nitrogen functional groups attached to an aromatic ring is 1. The first-order valence-electron chi connectivity index (χ1n) is 4.02. The summed E-state index contributed by atoms with van der Waals surface area (Å²) >= 11 is 0. The number of nitriles is 1. The molecule has 0 unspecified atom stereocenters. The van der Waals surface area contributed by atoms with Crippen molar-refractivity contribution in [3.05, 3.63) is 29.3 Å². The number of carbonyl (C=O) groups is 1. The van der Waals surface area contributed by atoms with Crippen LogP contribution in [0.4, 0.5) is 5.69 Å². The summed E-state index contributed by atoms with van der Waals surface area (Å²) in [6, 6.07) is 6.85. The predicted octanol–water partition coefficient (Wildman–Crippen LogP) is 0.856. The van der Waals surface area contributed by atoms with Gasteiger partial charge in [-0.2, -0.15) is 5.26 Å². The predicted molar refractivity (Wildman–Crippen MR) is 51.3 cm³/mol. The van der Waals surface area contributed by atoms with Gasteiger partial charge in [0.1, 0.15) is 6.07 Å². The zero-order valence-corrected chi connectivity index (χ0v) is 7.78. The smallest absolute Gasteiger partial charge is 0.309 e. The Morgan fingerprint density at radius 3 is 2.93 bits per heavy atom. The van der Waals surface area contributed by atoms with Crippen molar-refractivity contribution in [1.82, 2.24) is 0 Å². The molecule has 2 N–H and O–H groups in total. The Balaban J connectivity index is 2.91. The molecular formula is C10H10N2O2. The minimum Gasteiger partial charge on any atom is -0.469 e. The highest BCUT2D eigenvalue weighted by Gasteiger charge is 2.05. The number of carbonyl (C=O) groups excluding carboxylic acids is 1. The maximum absolute atomic E-state index is 10.9. The Kier molecular flexibility index (Phi) is 3.08. The lowest BCUT2D eigenvalue weighted by Crippen LogP contribution is -2.05. The molecule has 1 aromatic rings. The number of methoxy groups -OCH3 is 1. The maximum Gasteiger partial charge on any atom is 0.309 e. The molecule has 0 fully saturated rings. The van der Waals surface area contributed by atoms with Crippen molar-refractivity contribution in [1.29, 1.82) is 5.26 Å². The Morgan fingerprint density at radius 2 is 2.36 bits per heavy atom. The van der Waals surface area contributed by atoms with Gasteiger partial charge in [0, 0.05) is 5.69 Å². The summed E-state index contributed by atoms with van der Waals surface area (Å²) in [4.78, 5) is 10.9. The Labute approximate surface area is 81.9 Å². The quantitative estimate of drug-likeness (QED) is 0.554. The number of anilines is 1. The third kappa shape index (κ3) is 2.23. The molecule has 1 aromatic carbocycles. The first-order valence-corrected chi connectivity index (χ1v) is 4.02. The molecule has 0 atom stereocenters. The summed E-state index contributed by atoms with van der Waals surface area (Å²) in [5, 5.41) is 8.69. The molecule has 0 saturated heterocycles. The molecule has 72 valence electrons. The molecular weight excluding hydrogens is 180 g/mol. The van der Waals surface area contributed by atoms with Crippen LogP contribution in [0.1, 0.15) is 11.1 Å². The van der Waals surface area contributed by atoms with E-state index >= 15 is 0 Å². The Morgan fingerprint density at radius 1 is 1.64 bits per heavy atom. The van der Waals surface area contributed by atoms with Gasteiger partial charge in [0.2, 0.25) is 0 Å². The molecule has 0 radical (unpaired) electrons. The van der Waals surface area contributed by atoms with Crippen molar-refractivity contribution in [2.75, 3.05) is 12.8 Å². The minimum absolute atomic E-state index is 0.158. The summed E-state index contributed by atoms with van der Waals surface area (Å²) in [5.41, 5.74) is 7.05. The number of nitrogens with zero attached hydrogens (tertiary/aromatic N) is 1. The lowest BCUT2D eigenvalue weighted by atomic mass is 10.1. The average molecular weight is 190 g/mol. The summed E-state index contributed by atoms with van der Waals surface area (Å²) in [6.07, 6.45) is 0.158. The van der Waals surface area contributed by atoms with E-state index in [1.165, 1.54) is 7.11 Å². The molecule has 0 aromatic heterocycles. The van der Waals surface area contributed by atoms with Gasteiger partial charge in [0.05, 0.1) is 19.1 Å². The molecule has 0 aliphatic carbocycles. The number of rotatable bonds is 2. The molecule has 0 aliphatic rings. The van der Waals surface area contributed by atoms with Crippen molar-refractivity contribution in [2.24, 2.45) is 0 Å². The largest absolute Gasteiger partial charge is 0.469 e. The van der Waals surface area contributed by atoms with Crippen molar-refractivity contribution in [3.63, 3.8) is 0 Å². The lowest BCUT2D eigenvalue weighted by Gasteiger charge is -2.02. The van der Waals surface area contributed by atoms with Crippen molar-refractivity contribution < 1.29 is 9.53 Å². The van der Waals surface area contributed by atoms with E-state index in [-0.39, 0.29) is 12.4 Å². The van der Waals surface area contributed by atoms with Crippen LogP contribution in [0.15, 0.2) is 18.2 Å². The number of nitrogens with two attached hydrogens (primary N) is 1. The molecule has 0 amide bonds. The van der Waals surface area contributed by atoms with Crippen LogP contribution in [-0.4, -0.2) is 13.1 Å². The first-order chi connectivity index (χ1) is 6.67. The molecule has 0 aliphatic heterocycles. The standard InChI is InChI=1S/C10H10N2O2/c1-14-10(13)5-7-2-3-9(12)8(4-7)6-11/h2-4H,5,12H2,1H3. The molecule has 0 saturated carbocycles. The number of benzene rings is 1. The third-order valence-corrected chi connectivity index (χ3v) is 1.81. The molecule has 0 heterocycles. The highest BCUT2D eigenvalue weighted by Crippen LogP contribution is 2.13. The van der Waals surface area contributed by atoms with Crippen LogP contribution in [0.2, 0.25) is 0 Å².